The first kappa shape index (κ1) is 9.46. The Hall–Kier alpha value is -1.09. The highest BCUT2D eigenvalue weighted by Crippen LogP contribution is 2.38. The number of hydrogen-bond donors (Lipinski definition) is 1. The number of pyridine rings is 1. The quantitative estimate of drug-likeness (QED) is 0.734. The zero-order valence-corrected chi connectivity index (χ0v) is 8.87. The third-order valence-electron chi connectivity index (χ3n) is 2.79. The lowest BCUT2D eigenvalue weighted by molar-refractivity contribution is 0.227. The number of nitrogens with two attached hydrogens (primary N) is 1. The van der Waals surface area contributed by atoms with Gasteiger partial charge in [0.1, 0.15) is 11.9 Å². The monoisotopic (exact) mass is 192 g/mol. The zero-order valence-electron chi connectivity index (χ0n) is 8.87. The summed E-state index contributed by atoms with van der Waals surface area (Å²) >= 11 is 0. The Balaban J connectivity index is 2.53. The van der Waals surface area contributed by atoms with Crippen LogP contribution in [0.25, 0.3) is 0 Å². The molecule has 0 saturated heterocycles. The van der Waals surface area contributed by atoms with Crippen LogP contribution in [0.15, 0.2) is 6.07 Å². The van der Waals surface area contributed by atoms with Crippen LogP contribution in [0.3, 0.4) is 0 Å². The average molecular weight is 192 g/mol. The maximum atomic E-state index is 5.75. The van der Waals surface area contributed by atoms with Gasteiger partial charge in [-0.05, 0) is 32.4 Å². The van der Waals surface area contributed by atoms with E-state index in [2.05, 4.69) is 11.9 Å². The Morgan fingerprint density at radius 3 is 2.86 bits per heavy atom. The third kappa shape index (κ3) is 1.28. The Bertz CT molecular complexity index is 363. The number of nitrogens with zero attached hydrogens (tertiary/aromatic N) is 1. The molecule has 0 fully saturated rings. The van der Waals surface area contributed by atoms with Gasteiger partial charge in [-0.2, -0.15) is 0 Å². The SMILES string of the molecule is Cc1cc(C)c2c(n1)[C@H](CN)[C@@H](C)O2. The molecule has 0 radical (unpaired) electrons. The van der Waals surface area contributed by atoms with E-state index >= 15 is 0 Å². The van der Waals surface area contributed by atoms with Crippen LogP contribution in [-0.4, -0.2) is 17.6 Å². The molecule has 2 heterocycles. The normalized spacial score (nSPS) is 24.6. The van der Waals surface area contributed by atoms with Crippen molar-refractivity contribution in [2.75, 3.05) is 6.54 Å². The summed E-state index contributed by atoms with van der Waals surface area (Å²) in [5.74, 6) is 1.20. The van der Waals surface area contributed by atoms with Gasteiger partial charge in [0.15, 0.2) is 0 Å². The first-order valence-corrected chi connectivity index (χ1v) is 4.98. The van der Waals surface area contributed by atoms with Gasteiger partial charge < -0.3 is 10.5 Å². The number of rotatable bonds is 1. The summed E-state index contributed by atoms with van der Waals surface area (Å²) in [6.45, 7) is 6.71. The van der Waals surface area contributed by atoms with Crippen LogP contribution >= 0.6 is 0 Å². The predicted molar refractivity (Wildman–Crippen MR) is 55.6 cm³/mol. The van der Waals surface area contributed by atoms with Gasteiger partial charge in [0, 0.05) is 12.2 Å². The smallest absolute Gasteiger partial charge is 0.144 e. The Morgan fingerprint density at radius 2 is 2.21 bits per heavy atom. The number of ether oxygens (including phenoxy) is 1. The van der Waals surface area contributed by atoms with E-state index in [1.807, 2.05) is 19.9 Å². The predicted octanol–water partition coefficient (Wildman–Crippen LogP) is 1.52. The second-order valence-electron chi connectivity index (χ2n) is 3.96. The minimum atomic E-state index is 0.156. The van der Waals surface area contributed by atoms with Gasteiger partial charge in [-0.25, -0.2) is 0 Å². The van der Waals surface area contributed by atoms with Gasteiger partial charge >= 0.3 is 0 Å². The van der Waals surface area contributed by atoms with Crippen LogP contribution in [0, 0.1) is 13.8 Å². The van der Waals surface area contributed by atoms with E-state index in [1.165, 1.54) is 0 Å². The molecule has 0 amide bonds. The number of aromatic nitrogens is 1. The minimum absolute atomic E-state index is 0.156. The van der Waals surface area contributed by atoms with Gasteiger partial charge in [-0.15, -0.1) is 0 Å². The van der Waals surface area contributed by atoms with Crippen molar-refractivity contribution in [3.8, 4) is 5.75 Å². The van der Waals surface area contributed by atoms with E-state index in [4.69, 9.17) is 10.5 Å². The van der Waals surface area contributed by atoms with E-state index in [0.717, 1.165) is 22.7 Å². The highest BCUT2D eigenvalue weighted by atomic mass is 16.5. The molecule has 0 bridgehead atoms. The van der Waals surface area contributed by atoms with E-state index in [1.54, 1.807) is 0 Å². The van der Waals surface area contributed by atoms with Crippen molar-refractivity contribution in [2.45, 2.75) is 32.8 Å². The summed E-state index contributed by atoms with van der Waals surface area (Å²) in [5, 5.41) is 0. The fraction of sp³-hybridized carbons (Fsp3) is 0.545. The summed E-state index contributed by atoms with van der Waals surface area (Å²) < 4.78 is 5.75. The van der Waals surface area contributed by atoms with Crippen molar-refractivity contribution >= 4 is 0 Å². The van der Waals surface area contributed by atoms with Crippen molar-refractivity contribution in [3.63, 3.8) is 0 Å². The van der Waals surface area contributed by atoms with Gasteiger partial charge in [-0.3, -0.25) is 4.98 Å². The fourth-order valence-corrected chi connectivity index (χ4v) is 2.05. The topological polar surface area (TPSA) is 48.1 Å². The van der Waals surface area contributed by atoms with Crippen LogP contribution in [-0.2, 0) is 0 Å². The summed E-state index contributed by atoms with van der Waals surface area (Å²) in [5.41, 5.74) is 8.96. The largest absolute Gasteiger partial charge is 0.488 e. The van der Waals surface area contributed by atoms with Gasteiger partial charge in [0.25, 0.3) is 0 Å². The standard InChI is InChI=1S/C11H16N2O/c1-6-4-7(2)13-10-9(5-12)8(3)14-11(6)10/h4,8-9H,5,12H2,1-3H3/t8-,9-/m1/s1. The molecule has 0 aliphatic carbocycles. The zero-order chi connectivity index (χ0) is 10.3. The van der Waals surface area contributed by atoms with Gasteiger partial charge in [-0.1, -0.05) is 0 Å². The molecule has 76 valence electrons. The highest BCUT2D eigenvalue weighted by Gasteiger charge is 2.32. The maximum absolute atomic E-state index is 5.75. The Morgan fingerprint density at radius 1 is 1.50 bits per heavy atom. The van der Waals surface area contributed by atoms with Crippen LogP contribution < -0.4 is 10.5 Å². The molecule has 3 heteroatoms. The molecule has 1 aliphatic rings. The second kappa shape index (κ2) is 3.24. The van der Waals surface area contributed by atoms with Gasteiger partial charge in [0.2, 0.25) is 0 Å². The second-order valence-corrected chi connectivity index (χ2v) is 3.96. The molecule has 0 aromatic carbocycles. The lowest BCUT2D eigenvalue weighted by atomic mass is 10.0. The van der Waals surface area contributed by atoms with Gasteiger partial charge in [0.05, 0.1) is 11.6 Å². The lowest BCUT2D eigenvalue weighted by Gasteiger charge is -2.10. The van der Waals surface area contributed by atoms with Crippen LogP contribution in [0.4, 0.5) is 0 Å². The fourth-order valence-electron chi connectivity index (χ4n) is 2.05. The van der Waals surface area contributed by atoms with Crippen molar-refractivity contribution < 1.29 is 4.74 Å². The van der Waals surface area contributed by atoms with Crippen molar-refractivity contribution in [1.29, 1.82) is 0 Å². The molecule has 14 heavy (non-hydrogen) atoms. The molecule has 2 rings (SSSR count). The van der Waals surface area contributed by atoms with Crippen LogP contribution in [0.1, 0.15) is 29.8 Å². The van der Waals surface area contributed by atoms with E-state index in [-0.39, 0.29) is 12.0 Å². The number of fused-ring (bicyclic) bond motifs is 1. The highest BCUT2D eigenvalue weighted by molar-refractivity contribution is 5.43. The first-order chi connectivity index (χ1) is 6.63. The summed E-state index contributed by atoms with van der Waals surface area (Å²) in [4.78, 5) is 4.51. The molecular weight excluding hydrogens is 176 g/mol. The number of aryl methyl sites for hydroxylation is 2. The minimum Gasteiger partial charge on any atom is -0.488 e. The van der Waals surface area contributed by atoms with Crippen LogP contribution in [0.5, 0.6) is 5.75 Å². The van der Waals surface area contributed by atoms with E-state index < -0.39 is 0 Å². The maximum Gasteiger partial charge on any atom is 0.144 e. The molecule has 3 nitrogen and oxygen atoms in total. The summed E-state index contributed by atoms with van der Waals surface area (Å²) in [7, 11) is 0. The van der Waals surface area contributed by atoms with Crippen molar-refractivity contribution in [3.05, 3.63) is 23.0 Å². The average Bonchev–Trinajstić information content (AvgIpc) is 2.41. The molecule has 0 saturated carbocycles. The lowest BCUT2D eigenvalue weighted by Crippen LogP contribution is -2.22. The molecule has 1 aliphatic heterocycles. The number of hydrogen-bond acceptors (Lipinski definition) is 3. The Kier molecular flexibility index (Phi) is 2.19. The van der Waals surface area contributed by atoms with Crippen LogP contribution in [0.2, 0.25) is 0 Å². The molecule has 0 spiro atoms. The molecule has 2 atom stereocenters. The van der Waals surface area contributed by atoms with E-state index in [9.17, 15) is 0 Å². The molecule has 1 aromatic rings. The van der Waals surface area contributed by atoms with Crippen molar-refractivity contribution in [1.82, 2.24) is 4.98 Å². The van der Waals surface area contributed by atoms with Crippen molar-refractivity contribution in [2.24, 2.45) is 5.73 Å². The summed E-state index contributed by atoms with van der Waals surface area (Å²) in [6, 6.07) is 2.05. The van der Waals surface area contributed by atoms with E-state index in [0.29, 0.717) is 6.54 Å². The first-order valence-electron chi connectivity index (χ1n) is 4.98. The molecule has 1 aromatic heterocycles. The molecule has 2 N–H and O–H groups in total. The summed E-state index contributed by atoms with van der Waals surface area (Å²) in [6.07, 6.45) is 0.156. The molecule has 0 unspecified atom stereocenters. The Labute approximate surface area is 84.3 Å². The molecular formula is C11H16N2O. The third-order valence-corrected chi connectivity index (χ3v) is 2.79.